The van der Waals surface area contributed by atoms with Gasteiger partial charge in [0.1, 0.15) is 5.75 Å². The van der Waals surface area contributed by atoms with Crippen LogP contribution in [0.4, 0.5) is 5.69 Å². The molecule has 2 aromatic carbocycles. The van der Waals surface area contributed by atoms with Crippen molar-refractivity contribution in [1.82, 2.24) is 0 Å². The highest BCUT2D eigenvalue weighted by Gasteiger charge is 2.13. The highest BCUT2D eigenvalue weighted by Crippen LogP contribution is 2.33. The van der Waals surface area contributed by atoms with Crippen LogP contribution in [0.3, 0.4) is 0 Å². The Labute approximate surface area is 159 Å². The van der Waals surface area contributed by atoms with Gasteiger partial charge in [0, 0.05) is 5.02 Å². The Morgan fingerprint density at radius 1 is 1.00 bits per heavy atom. The van der Waals surface area contributed by atoms with E-state index in [-0.39, 0.29) is 28.8 Å². The van der Waals surface area contributed by atoms with E-state index in [1.165, 1.54) is 12.1 Å². The number of nitrogens with one attached hydrogen (secondary N) is 1. The van der Waals surface area contributed by atoms with Gasteiger partial charge in [0.25, 0.3) is 5.91 Å². The van der Waals surface area contributed by atoms with E-state index in [1.807, 2.05) is 18.2 Å². The molecular weight excluding hydrogens is 389 g/mol. The number of halogens is 3. The first-order chi connectivity index (χ1) is 12.0. The quantitative estimate of drug-likeness (QED) is 0.688. The van der Waals surface area contributed by atoms with Gasteiger partial charge in [0.05, 0.1) is 28.8 Å². The maximum atomic E-state index is 11.8. The summed E-state index contributed by atoms with van der Waals surface area (Å²) in [7, 11) is 0. The third-order valence-electron chi connectivity index (χ3n) is 2.95. The molecule has 0 bridgehead atoms. The van der Waals surface area contributed by atoms with E-state index in [2.05, 4.69) is 5.32 Å². The Hall–Kier alpha value is -1.95. The van der Waals surface area contributed by atoms with Crippen LogP contribution in [-0.4, -0.2) is 25.1 Å². The zero-order valence-electron chi connectivity index (χ0n) is 12.9. The zero-order valence-corrected chi connectivity index (χ0v) is 15.2. The number of hydrogen-bond acceptors (Lipinski definition) is 4. The summed E-state index contributed by atoms with van der Waals surface area (Å²) in [5.41, 5.74) is 0.209. The van der Waals surface area contributed by atoms with Crippen LogP contribution in [0.15, 0.2) is 42.5 Å². The number of ether oxygens (including phenoxy) is 2. The van der Waals surface area contributed by atoms with Crippen molar-refractivity contribution in [2.24, 2.45) is 0 Å². The van der Waals surface area contributed by atoms with Crippen LogP contribution < -0.4 is 10.1 Å². The normalized spacial score (nSPS) is 10.2. The Morgan fingerprint density at radius 3 is 2.28 bits per heavy atom. The second kappa shape index (κ2) is 9.51. The summed E-state index contributed by atoms with van der Waals surface area (Å²) in [4.78, 5) is 23.4. The molecule has 0 saturated carbocycles. The Bertz CT molecular complexity index is 730. The third-order valence-corrected chi connectivity index (χ3v) is 3.77. The van der Waals surface area contributed by atoms with Crippen LogP contribution in [0.1, 0.15) is 6.42 Å². The Morgan fingerprint density at radius 2 is 1.64 bits per heavy atom. The van der Waals surface area contributed by atoms with Gasteiger partial charge >= 0.3 is 5.97 Å². The van der Waals surface area contributed by atoms with Gasteiger partial charge in [0.15, 0.2) is 6.61 Å². The number of anilines is 1. The lowest BCUT2D eigenvalue weighted by atomic mass is 10.3. The monoisotopic (exact) mass is 401 g/mol. The van der Waals surface area contributed by atoms with Crippen LogP contribution in [-0.2, 0) is 14.3 Å². The van der Waals surface area contributed by atoms with Gasteiger partial charge in [-0.2, -0.15) is 0 Å². The van der Waals surface area contributed by atoms with Gasteiger partial charge in [-0.25, -0.2) is 0 Å². The summed E-state index contributed by atoms with van der Waals surface area (Å²) < 4.78 is 10.2. The van der Waals surface area contributed by atoms with Gasteiger partial charge in [-0.3, -0.25) is 9.59 Å². The fourth-order valence-electron chi connectivity index (χ4n) is 1.82. The molecule has 0 aliphatic heterocycles. The van der Waals surface area contributed by atoms with Crippen molar-refractivity contribution >= 4 is 52.4 Å². The molecule has 0 radical (unpaired) electrons. The number of hydrogen-bond donors (Lipinski definition) is 1. The lowest BCUT2D eigenvalue weighted by Gasteiger charge is -2.10. The minimum absolute atomic E-state index is 0.0185. The number of amides is 1. The summed E-state index contributed by atoms with van der Waals surface area (Å²) >= 11 is 17.7. The third kappa shape index (κ3) is 6.46. The van der Waals surface area contributed by atoms with E-state index in [9.17, 15) is 9.59 Å². The SMILES string of the molecule is O=C(COC(=O)CCOc1ccccc1)Nc1c(Cl)cc(Cl)cc1Cl. The Kier molecular flexibility index (Phi) is 7.37. The average Bonchev–Trinajstić information content (AvgIpc) is 2.57. The van der Waals surface area contributed by atoms with Crippen molar-refractivity contribution in [2.45, 2.75) is 6.42 Å². The lowest BCUT2D eigenvalue weighted by Crippen LogP contribution is -2.22. The smallest absolute Gasteiger partial charge is 0.309 e. The molecule has 132 valence electrons. The van der Waals surface area contributed by atoms with Gasteiger partial charge in [-0.05, 0) is 24.3 Å². The van der Waals surface area contributed by atoms with Crippen molar-refractivity contribution in [1.29, 1.82) is 0 Å². The maximum Gasteiger partial charge on any atom is 0.309 e. The van der Waals surface area contributed by atoms with Crippen molar-refractivity contribution in [3.63, 3.8) is 0 Å². The minimum atomic E-state index is -0.566. The van der Waals surface area contributed by atoms with Gasteiger partial charge < -0.3 is 14.8 Å². The molecular formula is C17H14Cl3NO4. The first-order valence-electron chi connectivity index (χ1n) is 7.23. The van der Waals surface area contributed by atoms with Gasteiger partial charge in [-0.1, -0.05) is 53.0 Å². The van der Waals surface area contributed by atoms with E-state index in [0.717, 1.165) is 0 Å². The molecule has 0 aliphatic carbocycles. The predicted octanol–water partition coefficient (Wildman–Crippen LogP) is 4.60. The van der Waals surface area contributed by atoms with Gasteiger partial charge in [0.2, 0.25) is 0 Å². The Balaban J connectivity index is 1.73. The molecule has 0 unspecified atom stereocenters. The average molecular weight is 403 g/mol. The first-order valence-corrected chi connectivity index (χ1v) is 8.37. The van der Waals surface area contributed by atoms with E-state index in [4.69, 9.17) is 44.3 Å². The highest BCUT2D eigenvalue weighted by molar-refractivity contribution is 6.42. The number of carbonyl (C=O) groups excluding carboxylic acids is 2. The largest absolute Gasteiger partial charge is 0.493 e. The van der Waals surface area contributed by atoms with Crippen molar-refractivity contribution in [3.8, 4) is 5.75 Å². The number of para-hydroxylation sites is 1. The van der Waals surface area contributed by atoms with E-state index >= 15 is 0 Å². The van der Waals surface area contributed by atoms with Gasteiger partial charge in [-0.15, -0.1) is 0 Å². The van der Waals surface area contributed by atoms with Crippen LogP contribution in [0.2, 0.25) is 15.1 Å². The van der Waals surface area contributed by atoms with E-state index in [0.29, 0.717) is 10.8 Å². The molecule has 2 rings (SSSR count). The molecule has 0 atom stereocenters. The highest BCUT2D eigenvalue weighted by atomic mass is 35.5. The summed E-state index contributed by atoms with van der Waals surface area (Å²) in [5.74, 6) is -0.470. The standard InChI is InChI=1S/C17H14Cl3NO4/c18-11-8-13(19)17(14(20)9-11)21-15(22)10-25-16(23)6-7-24-12-4-2-1-3-5-12/h1-5,8-9H,6-7,10H2,(H,21,22). The molecule has 0 heterocycles. The number of carbonyl (C=O) groups is 2. The molecule has 8 heteroatoms. The minimum Gasteiger partial charge on any atom is -0.493 e. The van der Waals surface area contributed by atoms with Crippen molar-refractivity contribution in [2.75, 3.05) is 18.5 Å². The molecule has 1 amide bonds. The van der Waals surface area contributed by atoms with Crippen LogP contribution in [0.5, 0.6) is 5.75 Å². The van der Waals surface area contributed by atoms with Crippen LogP contribution >= 0.6 is 34.8 Å². The van der Waals surface area contributed by atoms with Crippen LogP contribution in [0, 0.1) is 0 Å². The molecule has 25 heavy (non-hydrogen) atoms. The molecule has 0 saturated heterocycles. The topological polar surface area (TPSA) is 64.6 Å². The molecule has 2 aromatic rings. The summed E-state index contributed by atoms with van der Waals surface area (Å²) in [6.07, 6.45) is 0.0185. The molecule has 0 spiro atoms. The summed E-state index contributed by atoms with van der Waals surface area (Å²) in [6.45, 7) is -0.307. The van der Waals surface area contributed by atoms with Crippen molar-refractivity contribution in [3.05, 3.63) is 57.5 Å². The van der Waals surface area contributed by atoms with Crippen LogP contribution in [0.25, 0.3) is 0 Å². The molecule has 1 N–H and O–H groups in total. The second-order valence-electron chi connectivity index (χ2n) is 4.86. The fraction of sp³-hybridized carbons (Fsp3) is 0.176. The second-order valence-corrected chi connectivity index (χ2v) is 6.12. The maximum absolute atomic E-state index is 11.8. The number of esters is 1. The fourth-order valence-corrected chi connectivity index (χ4v) is 2.74. The molecule has 5 nitrogen and oxygen atoms in total. The summed E-state index contributed by atoms with van der Waals surface area (Å²) in [6, 6.07) is 11.9. The first kappa shape index (κ1) is 19.4. The lowest BCUT2D eigenvalue weighted by molar-refractivity contribution is -0.147. The molecule has 0 aromatic heterocycles. The van der Waals surface area contributed by atoms with Crippen molar-refractivity contribution < 1.29 is 19.1 Å². The number of benzene rings is 2. The van der Waals surface area contributed by atoms with E-state index in [1.54, 1.807) is 12.1 Å². The van der Waals surface area contributed by atoms with E-state index < -0.39 is 18.5 Å². The molecule has 0 aliphatic rings. The summed E-state index contributed by atoms with van der Waals surface area (Å²) in [5, 5.41) is 3.20. The zero-order chi connectivity index (χ0) is 18.2. The number of rotatable bonds is 7. The molecule has 0 fully saturated rings. The predicted molar refractivity (Wildman–Crippen MR) is 97.6 cm³/mol.